The van der Waals surface area contributed by atoms with Crippen molar-refractivity contribution < 1.29 is 70.1 Å². The van der Waals surface area contributed by atoms with Crippen LogP contribution in [0.25, 0.3) is 11.2 Å². The summed E-state index contributed by atoms with van der Waals surface area (Å²) in [5, 5.41) is 10.8. The molecule has 2 aliphatic heterocycles. The fraction of sp³-hybridized carbons (Fsp3) is 0.643. The molecular weight excluding hydrogens is 574 g/mol. The molecule has 2 fully saturated rings. The van der Waals surface area contributed by atoms with E-state index < -0.39 is 53.9 Å². The number of nitrogens with zero attached hydrogens (tertiary/aromatic N) is 4. The number of fused-ring (bicyclic) bond motifs is 3. The van der Waals surface area contributed by atoms with Crippen LogP contribution in [0.3, 0.4) is 0 Å². The number of phosphoric ester groups is 1. The van der Waals surface area contributed by atoms with E-state index in [0.29, 0.717) is 0 Å². The first-order chi connectivity index (χ1) is 17.0. The number of nitrogens with two attached hydrogens (primary N) is 1. The van der Waals surface area contributed by atoms with E-state index in [4.69, 9.17) is 29.7 Å². The van der Waals surface area contributed by atoms with Crippen LogP contribution < -0.4 is 10.5 Å². The Balaban J connectivity index is 1.61. The highest BCUT2D eigenvalue weighted by atomic mass is 31.3. The zero-order chi connectivity index (χ0) is 27.4. The van der Waals surface area contributed by atoms with Gasteiger partial charge in [-0.2, -0.15) is 18.6 Å². The first-order valence-corrected chi connectivity index (χ1v) is 14.6. The Kier molecular flexibility index (Phi) is 7.31. The molecule has 0 aliphatic carbocycles. The van der Waals surface area contributed by atoms with Crippen LogP contribution in [-0.2, 0) is 36.3 Å². The topological polar surface area (TPSA) is 277 Å². The Bertz CT molecular complexity index is 1340. The number of hydrogen-bond donors (Lipinski definition) is 6. The van der Waals surface area contributed by atoms with Crippen LogP contribution in [0.1, 0.15) is 19.6 Å². The summed E-state index contributed by atoms with van der Waals surface area (Å²) in [6.45, 7) is 0.373. The molecule has 0 saturated carbocycles. The van der Waals surface area contributed by atoms with Crippen LogP contribution in [-0.4, -0.2) is 81.6 Å². The summed E-state index contributed by atoms with van der Waals surface area (Å²) < 4.78 is 79.6. The molecule has 2 bridgehead atoms. The van der Waals surface area contributed by atoms with Gasteiger partial charge in [0.1, 0.15) is 11.7 Å². The van der Waals surface area contributed by atoms with Crippen molar-refractivity contribution in [3.05, 3.63) is 6.33 Å². The molecule has 4 heterocycles. The Labute approximate surface area is 205 Å². The van der Waals surface area contributed by atoms with Gasteiger partial charge in [-0.3, -0.25) is 9.09 Å². The molecule has 0 spiro atoms. The van der Waals surface area contributed by atoms with Gasteiger partial charge in [0.15, 0.2) is 17.4 Å². The summed E-state index contributed by atoms with van der Waals surface area (Å²) in [4.78, 5) is 48.3. The average molecular weight is 595 g/mol. The van der Waals surface area contributed by atoms with E-state index in [1.165, 1.54) is 0 Å². The van der Waals surface area contributed by atoms with E-state index in [2.05, 4.69) is 28.1 Å². The second-order valence-electron chi connectivity index (χ2n) is 7.74. The molecule has 6 atom stereocenters. The summed E-state index contributed by atoms with van der Waals surface area (Å²) in [5.74, 6) is -3.24. The van der Waals surface area contributed by atoms with E-state index >= 15 is 4.39 Å². The zero-order valence-corrected chi connectivity index (χ0v) is 21.2. The van der Waals surface area contributed by atoms with Crippen molar-refractivity contribution >= 4 is 40.6 Å². The largest absolute Gasteiger partial charge is 0.490 e. The molecule has 0 amide bonds. The van der Waals surface area contributed by atoms with Crippen molar-refractivity contribution in [2.75, 3.05) is 25.6 Å². The second-order valence-corrected chi connectivity index (χ2v) is 12.2. The molecule has 2 aromatic heterocycles. The number of halogens is 1. The molecule has 23 heteroatoms. The third-order valence-electron chi connectivity index (χ3n) is 5.23. The molecule has 19 nitrogen and oxygen atoms in total. The molecule has 208 valence electrons. The molecule has 2 aliphatic rings. The molecule has 6 unspecified atom stereocenters. The minimum absolute atomic E-state index is 0.0125. The summed E-state index contributed by atoms with van der Waals surface area (Å²) in [6.07, 6.45) is -3.18. The number of aliphatic hydroxyl groups is 1. The quantitative estimate of drug-likeness (QED) is 0.195. The summed E-state index contributed by atoms with van der Waals surface area (Å²) in [7, 11) is -17.0. The molecule has 2 saturated heterocycles. The van der Waals surface area contributed by atoms with Crippen LogP contribution in [0.5, 0.6) is 5.88 Å². The predicted molar refractivity (Wildman–Crippen MR) is 114 cm³/mol. The molecule has 2 aromatic rings. The number of rotatable bonds is 10. The van der Waals surface area contributed by atoms with Gasteiger partial charge in [0, 0.05) is 6.42 Å². The minimum atomic E-state index is -5.80. The smallest absolute Gasteiger partial charge is 0.476 e. The van der Waals surface area contributed by atoms with Gasteiger partial charge in [-0.25, -0.2) is 23.1 Å². The lowest BCUT2D eigenvalue weighted by Crippen LogP contribution is -2.56. The Morgan fingerprint density at radius 3 is 2.57 bits per heavy atom. The third-order valence-corrected chi connectivity index (χ3v) is 9.01. The van der Waals surface area contributed by atoms with E-state index in [9.17, 15) is 28.6 Å². The number of phosphoric acid groups is 3. The molecule has 0 aromatic carbocycles. The van der Waals surface area contributed by atoms with Gasteiger partial charge in [0.2, 0.25) is 11.8 Å². The van der Waals surface area contributed by atoms with Gasteiger partial charge in [0.25, 0.3) is 5.85 Å². The summed E-state index contributed by atoms with van der Waals surface area (Å²) in [6, 6.07) is 0. The van der Waals surface area contributed by atoms with Crippen molar-refractivity contribution in [2.24, 2.45) is 0 Å². The van der Waals surface area contributed by atoms with Crippen molar-refractivity contribution in [1.29, 1.82) is 0 Å². The maximum atomic E-state index is 16.0. The SMILES string of the molecule is CCOc1nc(N)nc2c1ncn2C1OC2(COP(=O)(O)OP(=O)(O)OP(=O)(O)O)CCOC1(F)C2O. The first kappa shape index (κ1) is 28.4. The molecule has 0 radical (unpaired) electrons. The van der Waals surface area contributed by atoms with Crippen LogP contribution in [0.2, 0.25) is 0 Å². The monoisotopic (exact) mass is 595 g/mol. The third kappa shape index (κ3) is 5.58. The molecule has 37 heavy (non-hydrogen) atoms. The van der Waals surface area contributed by atoms with E-state index in [-0.39, 0.29) is 42.6 Å². The highest BCUT2D eigenvalue weighted by Crippen LogP contribution is 2.67. The normalized spacial score (nSPS) is 31.2. The first-order valence-electron chi connectivity index (χ1n) is 10.1. The van der Waals surface area contributed by atoms with Crippen LogP contribution in [0, 0.1) is 0 Å². The number of aromatic nitrogens is 4. The van der Waals surface area contributed by atoms with E-state index in [1.54, 1.807) is 6.92 Å². The van der Waals surface area contributed by atoms with Crippen molar-refractivity contribution in [1.82, 2.24) is 19.5 Å². The zero-order valence-electron chi connectivity index (χ0n) is 18.6. The number of aliphatic hydroxyl groups excluding tert-OH is 1. The number of anilines is 1. The Morgan fingerprint density at radius 2 is 1.92 bits per heavy atom. The highest BCUT2D eigenvalue weighted by molar-refractivity contribution is 7.66. The molecule has 7 N–H and O–H groups in total. The highest BCUT2D eigenvalue weighted by Gasteiger charge is 2.70. The maximum absolute atomic E-state index is 16.0. The lowest BCUT2D eigenvalue weighted by atomic mass is 9.89. The van der Waals surface area contributed by atoms with E-state index in [1.807, 2.05) is 0 Å². The van der Waals surface area contributed by atoms with Crippen LogP contribution in [0.4, 0.5) is 10.3 Å². The minimum Gasteiger partial charge on any atom is -0.476 e. The Hall–Kier alpha value is -1.63. The number of alkyl halides is 1. The van der Waals surface area contributed by atoms with Crippen LogP contribution in [0.15, 0.2) is 6.33 Å². The number of imidazole rings is 1. The lowest BCUT2D eigenvalue weighted by molar-refractivity contribution is -0.241. The van der Waals surface area contributed by atoms with Gasteiger partial charge in [-0.1, -0.05) is 0 Å². The Morgan fingerprint density at radius 1 is 1.22 bits per heavy atom. The van der Waals surface area contributed by atoms with Crippen LogP contribution >= 0.6 is 23.5 Å². The van der Waals surface area contributed by atoms with Crippen molar-refractivity contribution in [3.63, 3.8) is 0 Å². The number of hydrogen-bond acceptors (Lipinski definition) is 14. The summed E-state index contributed by atoms with van der Waals surface area (Å²) in [5.41, 5.74) is 3.63. The van der Waals surface area contributed by atoms with Gasteiger partial charge < -0.3 is 44.6 Å². The van der Waals surface area contributed by atoms with Crippen molar-refractivity contribution in [2.45, 2.75) is 37.1 Å². The second kappa shape index (κ2) is 9.53. The van der Waals surface area contributed by atoms with Gasteiger partial charge in [-0.15, -0.1) is 0 Å². The maximum Gasteiger partial charge on any atom is 0.490 e. The predicted octanol–water partition coefficient (Wildman–Crippen LogP) is -0.135. The number of ether oxygens (including phenoxy) is 3. The fourth-order valence-electron chi connectivity index (χ4n) is 3.83. The molecule has 4 rings (SSSR count). The lowest BCUT2D eigenvalue weighted by Gasteiger charge is -2.37. The fourth-order valence-corrected chi connectivity index (χ4v) is 6.90. The molecular formula is C14H21FN5O14P3. The summed E-state index contributed by atoms with van der Waals surface area (Å²) >= 11 is 0. The average Bonchev–Trinajstić information content (AvgIpc) is 3.18. The van der Waals surface area contributed by atoms with Gasteiger partial charge in [0.05, 0.1) is 26.1 Å². The standard InChI is InChI=1S/C14H21FN5O14P3/c1-2-29-9-7-8(18-12(16)19-9)20(6-17-7)11-14(15)10(21)13(32-11,3-4-30-14)5-31-36(25,26)34-37(27,28)33-35(22,23)24/h6,10-11,21H,2-5H2,1H3,(H,25,26)(H,27,28)(H2,16,18,19)(H2,22,23,24). The number of nitrogen functional groups attached to an aromatic ring is 1. The van der Waals surface area contributed by atoms with Gasteiger partial charge in [-0.05, 0) is 6.92 Å². The van der Waals surface area contributed by atoms with Crippen molar-refractivity contribution in [3.8, 4) is 5.88 Å². The van der Waals surface area contributed by atoms with E-state index in [0.717, 1.165) is 10.9 Å². The van der Waals surface area contributed by atoms with Gasteiger partial charge >= 0.3 is 23.5 Å².